The van der Waals surface area contributed by atoms with E-state index in [-0.39, 0.29) is 17.7 Å². The van der Waals surface area contributed by atoms with Crippen molar-refractivity contribution in [1.82, 2.24) is 20.3 Å². The predicted octanol–water partition coefficient (Wildman–Crippen LogP) is 2.76. The molecule has 1 saturated carbocycles. The fourth-order valence-corrected chi connectivity index (χ4v) is 5.53. The quantitative estimate of drug-likeness (QED) is 0.350. The van der Waals surface area contributed by atoms with Crippen LogP contribution in [0.5, 0.6) is 0 Å². The molecule has 0 unspecified atom stereocenters. The highest BCUT2D eigenvalue weighted by Crippen LogP contribution is 2.37. The van der Waals surface area contributed by atoms with Crippen LogP contribution in [-0.2, 0) is 12.8 Å². The van der Waals surface area contributed by atoms with Gasteiger partial charge in [0.15, 0.2) is 0 Å². The lowest BCUT2D eigenvalue weighted by Crippen LogP contribution is -2.39. The first-order valence-corrected chi connectivity index (χ1v) is 11.3. The van der Waals surface area contributed by atoms with Crippen molar-refractivity contribution in [3.05, 3.63) is 45.7 Å². The molecule has 2 aliphatic rings. The van der Waals surface area contributed by atoms with E-state index in [1.165, 1.54) is 11.1 Å². The van der Waals surface area contributed by atoms with Crippen molar-refractivity contribution in [2.45, 2.75) is 37.8 Å². The normalized spacial score (nSPS) is 21.4. The van der Waals surface area contributed by atoms with E-state index in [2.05, 4.69) is 32.7 Å². The van der Waals surface area contributed by atoms with Gasteiger partial charge in [-0.15, -0.1) is 11.3 Å². The molecule has 154 valence electrons. The fraction of sp³-hybridized carbons (Fsp3) is 0.364. The zero-order valence-electron chi connectivity index (χ0n) is 16.4. The highest BCUT2D eigenvalue weighted by atomic mass is 32.1. The first kappa shape index (κ1) is 18.1. The van der Waals surface area contributed by atoms with Crippen molar-refractivity contribution in [2.24, 2.45) is 0 Å². The Morgan fingerprint density at radius 1 is 1.03 bits per heavy atom. The summed E-state index contributed by atoms with van der Waals surface area (Å²) in [5.41, 5.74) is 6.32. The third-order valence-corrected chi connectivity index (χ3v) is 7.34. The van der Waals surface area contributed by atoms with Crippen molar-refractivity contribution >= 4 is 38.3 Å². The molecule has 1 aliphatic carbocycles. The number of hydrogen-bond acceptors (Lipinski definition) is 6. The first-order chi connectivity index (χ1) is 14.6. The van der Waals surface area contributed by atoms with Crippen LogP contribution >= 0.6 is 11.3 Å². The molecule has 30 heavy (non-hydrogen) atoms. The van der Waals surface area contributed by atoms with Gasteiger partial charge in [0.1, 0.15) is 5.82 Å². The Labute approximate surface area is 176 Å². The molecule has 4 heterocycles. The lowest BCUT2D eigenvalue weighted by Gasteiger charge is -2.32. The van der Waals surface area contributed by atoms with Gasteiger partial charge >= 0.3 is 0 Å². The number of nitrogens with zero attached hydrogens (tertiary/aromatic N) is 1. The molecule has 7 nitrogen and oxygen atoms in total. The summed E-state index contributed by atoms with van der Waals surface area (Å²) < 4.78 is 1.01. The second kappa shape index (κ2) is 6.94. The topological polar surface area (TPSA) is 106 Å². The summed E-state index contributed by atoms with van der Waals surface area (Å²) in [6.45, 7) is 2.02. The van der Waals surface area contributed by atoms with Gasteiger partial charge in [0.25, 0.3) is 5.56 Å². The smallest absolute Gasteiger partial charge is 0.250 e. The van der Waals surface area contributed by atoms with Gasteiger partial charge in [-0.25, -0.2) is 4.98 Å². The van der Waals surface area contributed by atoms with Crippen LogP contribution in [0, 0.1) is 0 Å². The van der Waals surface area contributed by atoms with E-state index >= 15 is 0 Å². The Hall–Kier alpha value is -2.68. The lowest BCUT2D eigenvalue weighted by molar-refractivity contribution is 0.0837. The molecule has 8 heteroatoms. The summed E-state index contributed by atoms with van der Waals surface area (Å²) in [4.78, 5) is 24.4. The average molecular weight is 422 g/mol. The van der Waals surface area contributed by atoms with Gasteiger partial charge < -0.3 is 25.7 Å². The molecule has 0 saturated heterocycles. The second-order valence-corrected chi connectivity index (χ2v) is 9.39. The van der Waals surface area contributed by atoms with Crippen LogP contribution in [0.2, 0.25) is 0 Å². The first-order valence-electron chi connectivity index (χ1n) is 10.5. The monoisotopic (exact) mass is 421 g/mol. The third-order valence-electron chi connectivity index (χ3n) is 6.16. The fourth-order valence-electron chi connectivity index (χ4n) is 4.50. The maximum absolute atomic E-state index is 12.1. The van der Waals surface area contributed by atoms with Crippen molar-refractivity contribution < 1.29 is 5.11 Å². The molecule has 6 rings (SSSR count). The van der Waals surface area contributed by atoms with Crippen molar-refractivity contribution in [1.29, 1.82) is 0 Å². The predicted molar refractivity (Wildman–Crippen MR) is 120 cm³/mol. The number of anilines is 1. The van der Waals surface area contributed by atoms with Crippen LogP contribution in [0.3, 0.4) is 0 Å². The van der Waals surface area contributed by atoms with Gasteiger partial charge in [-0.05, 0) is 68.1 Å². The highest BCUT2D eigenvalue weighted by molar-refractivity contribution is 7.22. The number of hydrogen-bond donors (Lipinski definition) is 5. The summed E-state index contributed by atoms with van der Waals surface area (Å²) in [6, 6.07) is 8.26. The van der Waals surface area contributed by atoms with E-state index in [0.29, 0.717) is 0 Å². The van der Waals surface area contributed by atoms with Gasteiger partial charge in [0, 0.05) is 12.1 Å². The Morgan fingerprint density at radius 2 is 1.83 bits per heavy atom. The van der Waals surface area contributed by atoms with E-state index in [0.717, 1.165) is 76.4 Å². The van der Waals surface area contributed by atoms with Gasteiger partial charge in [-0.2, -0.15) is 0 Å². The standard InChI is InChI=1S/C22H23N5O2S/c28-14-7-13(8-14)24-18-10-20(29)25-17-9-19(30-21(17)18)22-26-15-5-11-1-3-23-4-2-12(11)6-16(15)27-22/h5-6,9-10,13-14,23,28H,1-4,7-8H2,(H,26,27)(H2,24,25,29). The summed E-state index contributed by atoms with van der Waals surface area (Å²) in [7, 11) is 0. The van der Waals surface area contributed by atoms with Crippen LogP contribution in [0.15, 0.2) is 29.1 Å². The summed E-state index contributed by atoms with van der Waals surface area (Å²) in [5, 5.41) is 16.4. The van der Waals surface area contributed by atoms with E-state index in [9.17, 15) is 9.90 Å². The minimum atomic E-state index is -0.236. The van der Waals surface area contributed by atoms with Gasteiger partial charge in [0.2, 0.25) is 0 Å². The van der Waals surface area contributed by atoms with E-state index in [1.54, 1.807) is 17.4 Å². The minimum absolute atomic E-state index is 0.129. The third kappa shape index (κ3) is 3.12. The highest BCUT2D eigenvalue weighted by Gasteiger charge is 2.27. The van der Waals surface area contributed by atoms with E-state index < -0.39 is 0 Å². The molecule has 1 aromatic carbocycles. The molecule has 1 aliphatic heterocycles. The zero-order chi connectivity index (χ0) is 20.2. The Bertz CT molecular complexity index is 1270. The molecule has 0 spiro atoms. The number of aliphatic hydroxyl groups excluding tert-OH is 1. The van der Waals surface area contributed by atoms with Crippen molar-refractivity contribution in [3.63, 3.8) is 0 Å². The molecule has 5 N–H and O–H groups in total. The SMILES string of the molecule is O=c1cc(NC2CC(O)C2)c2sc(-c3nc4cc5c(cc4[nH]3)CCNCC5)cc2[nH]1. The molecule has 4 aromatic rings. The molecule has 0 radical (unpaired) electrons. The summed E-state index contributed by atoms with van der Waals surface area (Å²) in [5.74, 6) is 0.829. The zero-order valence-corrected chi connectivity index (χ0v) is 17.2. The number of H-pyrrole nitrogens is 2. The number of aromatic nitrogens is 3. The number of imidazole rings is 1. The largest absolute Gasteiger partial charge is 0.393 e. The number of aliphatic hydroxyl groups is 1. The number of nitrogens with one attached hydrogen (secondary N) is 4. The second-order valence-electron chi connectivity index (χ2n) is 8.34. The van der Waals surface area contributed by atoms with Crippen LogP contribution in [0.25, 0.3) is 32.0 Å². The number of fused-ring (bicyclic) bond motifs is 3. The number of aromatic amines is 2. The van der Waals surface area contributed by atoms with Gasteiger partial charge in [-0.3, -0.25) is 4.79 Å². The van der Waals surface area contributed by atoms with E-state index in [1.807, 2.05) is 6.07 Å². The van der Waals surface area contributed by atoms with Crippen LogP contribution in [-0.4, -0.2) is 45.3 Å². The molecule has 0 amide bonds. The number of benzene rings is 1. The lowest BCUT2D eigenvalue weighted by atomic mass is 9.89. The van der Waals surface area contributed by atoms with E-state index in [4.69, 9.17) is 4.98 Å². The Morgan fingerprint density at radius 3 is 2.63 bits per heavy atom. The summed E-state index contributed by atoms with van der Waals surface area (Å²) >= 11 is 1.61. The van der Waals surface area contributed by atoms with Crippen LogP contribution in [0.1, 0.15) is 24.0 Å². The van der Waals surface area contributed by atoms with Crippen molar-refractivity contribution in [3.8, 4) is 10.7 Å². The summed E-state index contributed by atoms with van der Waals surface area (Å²) in [6.07, 6.45) is 3.27. The number of rotatable bonds is 3. The number of pyridine rings is 1. The molecule has 0 atom stereocenters. The van der Waals surface area contributed by atoms with Crippen molar-refractivity contribution in [2.75, 3.05) is 18.4 Å². The Kier molecular flexibility index (Phi) is 4.19. The minimum Gasteiger partial charge on any atom is -0.393 e. The Balaban J connectivity index is 1.40. The van der Waals surface area contributed by atoms with Crippen LogP contribution < -0.4 is 16.2 Å². The van der Waals surface area contributed by atoms with Gasteiger partial charge in [-0.1, -0.05) is 0 Å². The average Bonchev–Trinajstić information content (AvgIpc) is 3.22. The number of thiophene rings is 1. The molecule has 0 bridgehead atoms. The molecular formula is C22H23N5O2S. The van der Waals surface area contributed by atoms with Crippen LogP contribution in [0.4, 0.5) is 5.69 Å². The van der Waals surface area contributed by atoms with Gasteiger partial charge in [0.05, 0.1) is 37.9 Å². The maximum atomic E-state index is 12.1. The molecule has 1 fully saturated rings. The molecule has 3 aromatic heterocycles. The maximum Gasteiger partial charge on any atom is 0.250 e. The molecular weight excluding hydrogens is 398 g/mol.